The molecule has 1 amide bonds. The Hall–Kier alpha value is -1.66. The Balaban J connectivity index is 2.99. The van der Waals surface area contributed by atoms with Crippen LogP contribution in [-0.4, -0.2) is 18.7 Å². The van der Waals surface area contributed by atoms with Crippen LogP contribution in [-0.2, 0) is 14.8 Å². The number of hydrazine groups is 1. The predicted octanol–water partition coefficient (Wildman–Crippen LogP) is 1.35. The summed E-state index contributed by atoms with van der Waals surface area (Å²) in [5, 5.41) is 0. The molecule has 0 atom stereocenters. The standard InChI is InChI=1S/C12H16N2O3S/c1-3-4-5-12(15)14(13)18(16,17)11-8-6-10(2)7-9-11/h3-4,6-9H,5,13H2,1-2H3/b4-3+. The second-order valence-corrected chi connectivity index (χ2v) is 5.60. The molecule has 0 fully saturated rings. The van der Waals surface area contributed by atoms with E-state index in [0.29, 0.717) is 0 Å². The number of hydrogen-bond acceptors (Lipinski definition) is 4. The van der Waals surface area contributed by atoms with E-state index in [1.54, 1.807) is 31.2 Å². The number of aryl methyl sites for hydroxylation is 1. The smallest absolute Gasteiger partial charge is 0.272 e. The number of sulfonamides is 1. The molecule has 98 valence electrons. The summed E-state index contributed by atoms with van der Waals surface area (Å²) in [6.45, 7) is 3.58. The van der Waals surface area contributed by atoms with Gasteiger partial charge in [-0.15, -0.1) is 0 Å². The molecule has 18 heavy (non-hydrogen) atoms. The zero-order chi connectivity index (χ0) is 13.8. The van der Waals surface area contributed by atoms with Gasteiger partial charge in [-0.05, 0) is 26.0 Å². The molecule has 0 aromatic heterocycles. The van der Waals surface area contributed by atoms with Gasteiger partial charge in [0.15, 0.2) is 0 Å². The third-order valence-corrected chi connectivity index (χ3v) is 3.94. The van der Waals surface area contributed by atoms with Crippen LogP contribution in [0.1, 0.15) is 18.9 Å². The molecule has 0 saturated heterocycles. The number of carbonyl (C=O) groups is 1. The predicted molar refractivity (Wildman–Crippen MR) is 68.8 cm³/mol. The Kier molecular flexibility index (Phi) is 4.63. The molecule has 0 unspecified atom stereocenters. The molecule has 2 N–H and O–H groups in total. The lowest BCUT2D eigenvalue weighted by Gasteiger charge is -2.16. The van der Waals surface area contributed by atoms with Gasteiger partial charge in [0.05, 0.1) is 4.90 Å². The van der Waals surface area contributed by atoms with Crippen molar-refractivity contribution in [2.24, 2.45) is 5.84 Å². The second-order valence-electron chi connectivity index (χ2n) is 3.78. The highest BCUT2D eigenvalue weighted by molar-refractivity contribution is 7.89. The maximum atomic E-state index is 12.0. The quantitative estimate of drug-likeness (QED) is 0.387. The van der Waals surface area contributed by atoms with Gasteiger partial charge < -0.3 is 0 Å². The van der Waals surface area contributed by atoms with Gasteiger partial charge in [0.25, 0.3) is 15.9 Å². The minimum atomic E-state index is -3.96. The van der Waals surface area contributed by atoms with Crippen LogP contribution in [0.4, 0.5) is 0 Å². The van der Waals surface area contributed by atoms with Crippen molar-refractivity contribution in [3.8, 4) is 0 Å². The molecule has 0 bridgehead atoms. The third kappa shape index (κ3) is 3.18. The van der Waals surface area contributed by atoms with Gasteiger partial charge >= 0.3 is 0 Å². The fraction of sp³-hybridized carbons (Fsp3) is 0.250. The number of hydrogen-bond donors (Lipinski definition) is 1. The first-order valence-electron chi connectivity index (χ1n) is 5.40. The van der Waals surface area contributed by atoms with Crippen molar-refractivity contribution < 1.29 is 13.2 Å². The maximum Gasteiger partial charge on any atom is 0.280 e. The van der Waals surface area contributed by atoms with Crippen molar-refractivity contribution in [3.63, 3.8) is 0 Å². The minimum Gasteiger partial charge on any atom is -0.272 e. The van der Waals surface area contributed by atoms with E-state index in [9.17, 15) is 13.2 Å². The average Bonchev–Trinajstić information content (AvgIpc) is 2.35. The molecule has 1 rings (SSSR count). The van der Waals surface area contributed by atoms with E-state index in [1.807, 2.05) is 6.92 Å². The van der Waals surface area contributed by atoms with Gasteiger partial charge in [-0.3, -0.25) is 4.79 Å². The van der Waals surface area contributed by atoms with E-state index in [-0.39, 0.29) is 15.7 Å². The van der Waals surface area contributed by atoms with Crippen molar-refractivity contribution in [2.45, 2.75) is 25.2 Å². The Morgan fingerprint density at radius 1 is 1.33 bits per heavy atom. The summed E-state index contributed by atoms with van der Waals surface area (Å²) in [6.07, 6.45) is 3.16. The highest BCUT2D eigenvalue weighted by Crippen LogP contribution is 2.14. The van der Waals surface area contributed by atoms with E-state index >= 15 is 0 Å². The largest absolute Gasteiger partial charge is 0.280 e. The molecule has 5 nitrogen and oxygen atoms in total. The van der Waals surface area contributed by atoms with Crippen LogP contribution in [0.5, 0.6) is 0 Å². The Morgan fingerprint density at radius 3 is 2.39 bits per heavy atom. The summed E-state index contributed by atoms with van der Waals surface area (Å²) in [5.74, 6) is 4.70. The molecular formula is C12H16N2O3S. The van der Waals surface area contributed by atoms with E-state index < -0.39 is 15.9 Å². The van der Waals surface area contributed by atoms with Crippen molar-refractivity contribution >= 4 is 15.9 Å². The van der Waals surface area contributed by atoms with Gasteiger partial charge in [0.1, 0.15) is 0 Å². The van der Waals surface area contributed by atoms with Crippen molar-refractivity contribution in [3.05, 3.63) is 42.0 Å². The highest BCUT2D eigenvalue weighted by Gasteiger charge is 2.25. The molecule has 0 saturated carbocycles. The Bertz CT molecular complexity index is 547. The summed E-state index contributed by atoms with van der Waals surface area (Å²) in [4.78, 5) is 11.6. The maximum absolute atomic E-state index is 12.0. The van der Waals surface area contributed by atoms with Crippen LogP contribution in [0.25, 0.3) is 0 Å². The molecule has 0 aliphatic carbocycles. The van der Waals surface area contributed by atoms with Crippen LogP contribution in [0.2, 0.25) is 0 Å². The summed E-state index contributed by atoms with van der Waals surface area (Å²) in [5.41, 5.74) is 0.928. The lowest BCUT2D eigenvalue weighted by atomic mass is 10.2. The summed E-state index contributed by atoms with van der Waals surface area (Å²) >= 11 is 0. The molecule has 0 aliphatic rings. The van der Waals surface area contributed by atoms with Crippen LogP contribution in [0, 0.1) is 6.92 Å². The molecule has 0 heterocycles. The van der Waals surface area contributed by atoms with Gasteiger partial charge in [-0.1, -0.05) is 29.8 Å². The van der Waals surface area contributed by atoms with Crippen molar-refractivity contribution in [2.75, 3.05) is 0 Å². The lowest BCUT2D eigenvalue weighted by Crippen LogP contribution is -2.42. The summed E-state index contributed by atoms with van der Waals surface area (Å²) < 4.78 is 24.3. The molecule has 0 radical (unpaired) electrons. The summed E-state index contributed by atoms with van der Waals surface area (Å²) in [7, 11) is -3.96. The van der Waals surface area contributed by atoms with Gasteiger partial charge in [0, 0.05) is 6.42 Å². The van der Waals surface area contributed by atoms with Crippen LogP contribution in [0.3, 0.4) is 0 Å². The fourth-order valence-electron chi connectivity index (χ4n) is 1.27. The number of benzene rings is 1. The average molecular weight is 268 g/mol. The minimum absolute atomic E-state index is 0.00410. The number of carbonyl (C=O) groups excluding carboxylic acids is 1. The zero-order valence-electron chi connectivity index (χ0n) is 10.3. The number of allylic oxidation sites excluding steroid dienone is 1. The Morgan fingerprint density at radius 2 is 1.89 bits per heavy atom. The number of nitrogens with zero attached hydrogens (tertiary/aromatic N) is 1. The molecule has 6 heteroatoms. The lowest BCUT2D eigenvalue weighted by molar-refractivity contribution is -0.125. The first kappa shape index (κ1) is 14.4. The zero-order valence-corrected chi connectivity index (χ0v) is 11.1. The van der Waals surface area contributed by atoms with E-state index in [0.717, 1.165) is 5.56 Å². The number of rotatable bonds is 4. The van der Waals surface area contributed by atoms with Crippen molar-refractivity contribution in [1.82, 2.24) is 4.41 Å². The second kappa shape index (κ2) is 5.79. The first-order chi connectivity index (χ1) is 8.39. The molecule has 0 spiro atoms. The van der Waals surface area contributed by atoms with E-state index in [2.05, 4.69) is 0 Å². The SMILES string of the molecule is C/C=C/CC(=O)N(N)S(=O)(=O)c1ccc(C)cc1. The van der Waals surface area contributed by atoms with E-state index in [1.165, 1.54) is 12.1 Å². The van der Waals surface area contributed by atoms with E-state index in [4.69, 9.17) is 5.84 Å². The third-order valence-electron chi connectivity index (χ3n) is 2.35. The summed E-state index contributed by atoms with van der Waals surface area (Å²) in [6, 6.07) is 6.15. The van der Waals surface area contributed by atoms with Gasteiger partial charge in [-0.2, -0.15) is 12.8 Å². The van der Waals surface area contributed by atoms with Gasteiger partial charge in [0.2, 0.25) is 0 Å². The fourth-order valence-corrected chi connectivity index (χ4v) is 2.32. The number of amides is 1. The van der Waals surface area contributed by atoms with Crippen LogP contribution < -0.4 is 5.84 Å². The number of nitrogens with two attached hydrogens (primary N) is 1. The van der Waals surface area contributed by atoms with Crippen LogP contribution >= 0.6 is 0 Å². The molecule has 0 aliphatic heterocycles. The highest BCUT2D eigenvalue weighted by atomic mass is 32.2. The monoisotopic (exact) mass is 268 g/mol. The van der Waals surface area contributed by atoms with Crippen LogP contribution in [0.15, 0.2) is 41.3 Å². The topological polar surface area (TPSA) is 80.5 Å². The van der Waals surface area contributed by atoms with Gasteiger partial charge in [-0.25, -0.2) is 5.84 Å². The van der Waals surface area contributed by atoms with Crippen molar-refractivity contribution in [1.29, 1.82) is 0 Å². The molecule has 1 aromatic carbocycles. The normalized spacial score (nSPS) is 11.7. The Labute approximate surface area is 107 Å². The molecular weight excluding hydrogens is 252 g/mol. The molecule has 1 aromatic rings. The first-order valence-corrected chi connectivity index (χ1v) is 6.84.